The van der Waals surface area contributed by atoms with Gasteiger partial charge in [0.25, 0.3) is 0 Å². The molecule has 0 bridgehead atoms. The number of benzene rings is 9. The van der Waals surface area contributed by atoms with Crippen molar-refractivity contribution in [1.82, 2.24) is 15.0 Å². The molecule has 2 heterocycles. The van der Waals surface area contributed by atoms with Crippen LogP contribution in [0.5, 0.6) is 0 Å². The average molecular weight is 692 g/mol. The molecule has 0 atom stereocenters. The standard InChI is InChI=1S/C49H29N3S/c1-2-13-30(14-3-1)47-50-48(52-49(51-47)33-25-26-39-38-21-10-11-24-44(38)53-45(39)28-33)32-16-12-15-31(27-32)42-29-43-36-19-5-4-17-34(36)35-18-6-8-22-40(35)46(43)41-23-9-7-20-37(41)42/h1-29H. The molecular formula is C49H29N3S. The number of hydrogen-bond acceptors (Lipinski definition) is 4. The summed E-state index contributed by atoms with van der Waals surface area (Å²) in [6.07, 6.45) is 0. The molecule has 2 aromatic heterocycles. The zero-order chi connectivity index (χ0) is 34.9. The van der Waals surface area contributed by atoms with Crippen molar-refractivity contribution in [2.75, 3.05) is 0 Å². The number of fused-ring (bicyclic) bond motifs is 11. The van der Waals surface area contributed by atoms with E-state index in [2.05, 4.69) is 158 Å². The van der Waals surface area contributed by atoms with E-state index in [4.69, 9.17) is 15.0 Å². The Balaban J connectivity index is 1.12. The lowest BCUT2D eigenvalue weighted by atomic mass is 9.87. The second-order valence-corrected chi connectivity index (χ2v) is 14.6. The summed E-state index contributed by atoms with van der Waals surface area (Å²) in [6, 6.07) is 62.8. The molecule has 0 amide bonds. The van der Waals surface area contributed by atoms with E-state index in [1.54, 1.807) is 11.3 Å². The highest BCUT2D eigenvalue weighted by atomic mass is 32.1. The first kappa shape index (κ1) is 29.9. The lowest BCUT2D eigenvalue weighted by Crippen LogP contribution is -2.00. The first-order chi connectivity index (χ1) is 26.3. The molecule has 246 valence electrons. The van der Waals surface area contributed by atoms with Gasteiger partial charge in [0.1, 0.15) is 0 Å². The van der Waals surface area contributed by atoms with E-state index in [1.807, 2.05) is 18.2 Å². The van der Waals surface area contributed by atoms with Crippen LogP contribution in [0, 0.1) is 0 Å². The molecule has 9 aromatic carbocycles. The van der Waals surface area contributed by atoms with E-state index in [1.165, 1.54) is 68.8 Å². The topological polar surface area (TPSA) is 38.7 Å². The van der Waals surface area contributed by atoms with Gasteiger partial charge in [-0.2, -0.15) is 0 Å². The second-order valence-electron chi connectivity index (χ2n) is 13.5. The molecule has 4 heteroatoms. The van der Waals surface area contributed by atoms with Crippen molar-refractivity contribution in [3.63, 3.8) is 0 Å². The summed E-state index contributed by atoms with van der Waals surface area (Å²) >= 11 is 1.80. The van der Waals surface area contributed by atoms with Crippen LogP contribution in [-0.2, 0) is 0 Å². The molecule has 3 nitrogen and oxygen atoms in total. The molecule has 0 N–H and O–H groups in total. The van der Waals surface area contributed by atoms with Gasteiger partial charge >= 0.3 is 0 Å². The van der Waals surface area contributed by atoms with Crippen LogP contribution in [0.15, 0.2) is 176 Å². The van der Waals surface area contributed by atoms with E-state index in [-0.39, 0.29) is 0 Å². The highest BCUT2D eigenvalue weighted by molar-refractivity contribution is 7.25. The summed E-state index contributed by atoms with van der Waals surface area (Å²) in [5, 5.41) is 12.6. The minimum atomic E-state index is 0.647. The third-order valence-corrected chi connectivity index (χ3v) is 11.6. The van der Waals surface area contributed by atoms with Crippen molar-refractivity contribution >= 4 is 74.6 Å². The summed E-state index contributed by atoms with van der Waals surface area (Å²) < 4.78 is 2.50. The third kappa shape index (κ3) is 4.84. The number of nitrogens with zero attached hydrogens (tertiary/aromatic N) is 3. The molecule has 0 fully saturated rings. The maximum atomic E-state index is 5.16. The van der Waals surface area contributed by atoms with Crippen LogP contribution in [-0.4, -0.2) is 15.0 Å². The average Bonchev–Trinajstić information content (AvgIpc) is 3.61. The van der Waals surface area contributed by atoms with Crippen LogP contribution in [0.25, 0.3) is 109 Å². The minimum Gasteiger partial charge on any atom is -0.208 e. The second kappa shape index (κ2) is 11.9. The summed E-state index contributed by atoms with van der Waals surface area (Å²) in [7, 11) is 0. The predicted octanol–water partition coefficient (Wildman–Crippen LogP) is 13.5. The quantitative estimate of drug-likeness (QED) is 0.172. The van der Waals surface area contributed by atoms with E-state index >= 15 is 0 Å². The fourth-order valence-electron chi connectivity index (χ4n) is 8.05. The van der Waals surface area contributed by atoms with Gasteiger partial charge in [-0.3, -0.25) is 0 Å². The molecule has 0 unspecified atom stereocenters. The molecule has 0 aliphatic rings. The molecule has 53 heavy (non-hydrogen) atoms. The minimum absolute atomic E-state index is 0.647. The number of aromatic nitrogens is 3. The van der Waals surface area contributed by atoms with Crippen LogP contribution >= 0.6 is 11.3 Å². The Labute approximate surface area is 309 Å². The lowest BCUT2D eigenvalue weighted by molar-refractivity contribution is 1.07. The maximum Gasteiger partial charge on any atom is 0.164 e. The molecule has 0 aliphatic heterocycles. The predicted molar refractivity (Wildman–Crippen MR) is 224 cm³/mol. The van der Waals surface area contributed by atoms with Gasteiger partial charge in [-0.25, -0.2) is 15.0 Å². The maximum absolute atomic E-state index is 5.16. The van der Waals surface area contributed by atoms with Gasteiger partial charge in [0.2, 0.25) is 0 Å². The highest BCUT2D eigenvalue weighted by Gasteiger charge is 2.17. The zero-order valence-corrected chi connectivity index (χ0v) is 29.3. The Bertz CT molecular complexity index is 3240. The van der Waals surface area contributed by atoms with Crippen molar-refractivity contribution in [3.8, 4) is 45.3 Å². The van der Waals surface area contributed by atoms with Gasteiger partial charge in [0.15, 0.2) is 17.5 Å². The summed E-state index contributed by atoms with van der Waals surface area (Å²) in [4.78, 5) is 15.3. The first-order valence-electron chi connectivity index (χ1n) is 17.9. The SMILES string of the molecule is c1ccc(-c2nc(-c3cccc(-c4cc5c6ccccc6c6ccccc6c5c5ccccc45)c3)nc(-c3ccc4c(c3)sc3ccccc34)n2)cc1. The van der Waals surface area contributed by atoms with Crippen molar-refractivity contribution in [1.29, 1.82) is 0 Å². The largest absolute Gasteiger partial charge is 0.208 e. The van der Waals surface area contributed by atoms with Crippen LogP contribution in [0.1, 0.15) is 0 Å². The number of thiophene rings is 1. The van der Waals surface area contributed by atoms with Gasteiger partial charge in [0.05, 0.1) is 0 Å². The van der Waals surface area contributed by atoms with Crippen molar-refractivity contribution in [2.45, 2.75) is 0 Å². The van der Waals surface area contributed by atoms with Gasteiger partial charge < -0.3 is 0 Å². The smallest absolute Gasteiger partial charge is 0.164 e. The molecular weight excluding hydrogens is 663 g/mol. The van der Waals surface area contributed by atoms with E-state index in [0.29, 0.717) is 17.5 Å². The normalized spacial score (nSPS) is 11.8. The summed E-state index contributed by atoms with van der Waals surface area (Å²) in [6.45, 7) is 0. The van der Waals surface area contributed by atoms with Crippen LogP contribution in [0.4, 0.5) is 0 Å². The van der Waals surface area contributed by atoms with Gasteiger partial charge in [0, 0.05) is 36.9 Å². The van der Waals surface area contributed by atoms with Crippen molar-refractivity contribution in [3.05, 3.63) is 176 Å². The van der Waals surface area contributed by atoms with Crippen molar-refractivity contribution in [2.24, 2.45) is 0 Å². The van der Waals surface area contributed by atoms with E-state index < -0.39 is 0 Å². The monoisotopic (exact) mass is 691 g/mol. The van der Waals surface area contributed by atoms with Crippen LogP contribution < -0.4 is 0 Å². The van der Waals surface area contributed by atoms with Gasteiger partial charge in [-0.15, -0.1) is 11.3 Å². The fourth-order valence-corrected chi connectivity index (χ4v) is 9.19. The Morgan fingerprint density at radius 1 is 0.283 bits per heavy atom. The number of rotatable bonds is 4. The Hall–Kier alpha value is -6.75. The molecule has 0 spiro atoms. The summed E-state index contributed by atoms with van der Waals surface area (Å²) in [5.41, 5.74) is 5.17. The molecule has 11 aromatic rings. The van der Waals surface area contributed by atoms with Gasteiger partial charge in [-0.1, -0.05) is 152 Å². The van der Waals surface area contributed by atoms with Gasteiger partial charge in [-0.05, 0) is 78.5 Å². The van der Waals surface area contributed by atoms with E-state index in [0.717, 1.165) is 22.3 Å². The van der Waals surface area contributed by atoms with Crippen molar-refractivity contribution < 1.29 is 0 Å². The van der Waals surface area contributed by atoms with Crippen LogP contribution in [0.2, 0.25) is 0 Å². The fraction of sp³-hybridized carbons (Fsp3) is 0. The zero-order valence-electron chi connectivity index (χ0n) is 28.5. The summed E-state index contributed by atoms with van der Waals surface area (Å²) in [5.74, 6) is 1.96. The highest BCUT2D eigenvalue weighted by Crippen LogP contribution is 2.43. The third-order valence-electron chi connectivity index (χ3n) is 10.5. The Morgan fingerprint density at radius 3 is 1.51 bits per heavy atom. The van der Waals surface area contributed by atoms with E-state index in [9.17, 15) is 0 Å². The molecule has 0 saturated carbocycles. The Morgan fingerprint density at radius 2 is 0.774 bits per heavy atom. The lowest BCUT2D eigenvalue weighted by Gasteiger charge is -2.16. The molecule has 0 saturated heterocycles. The molecule has 0 aliphatic carbocycles. The molecule has 11 rings (SSSR count). The first-order valence-corrected chi connectivity index (χ1v) is 18.7. The van der Waals surface area contributed by atoms with Crippen LogP contribution in [0.3, 0.4) is 0 Å². The number of hydrogen-bond donors (Lipinski definition) is 0. The Kier molecular flexibility index (Phi) is 6.73. The molecule has 0 radical (unpaired) electrons.